The fourth-order valence-electron chi connectivity index (χ4n) is 1.20. The van der Waals surface area contributed by atoms with Crippen molar-refractivity contribution in [1.29, 1.82) is 0 Å². The Morgan fingerprint density at radius 1 is 1.28 bits per heavy atom. The zero-order chi connectivity index (χ0) is 14.3. The van der Waals surface area contributed by atoms with Crippen LogP contribution in [-0.4, -0.2) is 69.9 Å². The molecule has 0 heterocycles. The van der Waals surface area contributed by atoms with Gasteiger partial charge in [0.25, 0.3) is 0 Å². The number of amides is 1. The van der Waals surface area contributed by atoms with Gasteiger partial charge in [0.15, 0.2) is 6.29 Å². The molecule has 0 aliphatic rings. The fourth-order valence-corrected chi connectivity index (χ4v) is 1.20. The van der Waals surface area contributed by atoms with E-state index in [1.54, 1.807) is 0 Å². The van der Waals surface area contributed by atoms with E-state index in [4.69, 9.17) is 26.4 Å². The first-order valence-corrected chi connectivity index (χ1v) is 5.13. The van der Waals surface area contributed by atoms with Crippen LogP contribution in [0.3, 0.4) is 0 Å². The highest BCUT2D eigenvalue weighted by Gasteiger charge is 2.32. The van der Waals surface area contributed by atoms with Gasteiger partial charge in [-0.3, -0.25) is 4.79 Å². The molecule has 0 radical (unpaired) electrons. The van der Waals surface area contributed by atoms with Crippen LogP contribution in [0.25, 0.3) is 0 Å². The van der Waals surface area contributed by atoms with Crippen molar-refractivity contribution >= 4 is 12.2 Å². The van der Waals surface area contributed by atoms with Crippen molar-refractivity contribution in [2.24, 2.45) is 11.5 Å². The summed E-state index contributed by atoms with van der Waals surface area (Å²) in [4.78, 5) is 20.8. The molecule has 106 valence electrons. The van der Waals surface area contributed by atoms with E-state index in [9.17, 15) is 19.8 Å². The topological polar surface area (TPSA) is 176 Å². The van der Waals surface area contributed by atoms with Gasteiger partial charge >= 0.3 is 0 Å². The first-order valence-electron chi connectivity index (χ1n) is 5.13. The third-order valence-electron chi connectivity index (χ3n) is 2.15. The number of rotatable bonds is 9. The van der Waals surface area contributed by atoms with Crippen LogP contribution in [0.2, 0.25) is 0 Å². The van der Waals surface area contributed by atoms with E-state index in [1.807, 2.05) is 0 Å². The highest BCUT2D eigenvalue weighted by Crippen LogP contribution is 2.09. The SMILES string of the molecule is NC(=O)CC(N)O[C@H](CO)[C@@H](O)[C@H](O)[C@@H](O)C=O. The molecule has 18 heavy (non-hydrogen) atoms. The minimum atomic E-state index is -1.85. The molecule has 0 aromatic carbocycles. The summed E-state index contributed by atoms with van der Waals surface area (Å²) in [5.74, 6) is -0.748. The van der Waals surface area contributed by atoms with Crippen molar-refractivity contribution in [3.63, 3.8) is 0 Å². The van der Waals surface area contributed by atoms with Crippen molar-refractivity contribution in [2.45, 2.75) is 37.1 Å². The Morgan fingerprint density at radius 2 is 1.83 bits per heavy atom. The molecule has 0 aliphatic carbocycles. The van der Waals surface area contributed by atoms with E-state index < -0.39 is 43.2 Å². The van der Waals surface area contributed by atoms with Crippen LogP contribution in [0.1, 0.15) is 6.42 Å². The number of hydrogen-bond donors (Lipinski definition) is 6. The second-order valence-corrected chi connectivity index (χ2v) is 3.67. The summed E-state index contributed by atoms with van der Waals surface area (Å²) in [5.41, 5.74) is 10.2. The molecule has 0 rings (SSSR count). The molecule has 0 aromatic rings. The number of aliphatic hydroxyl groups is 4. The van der Waals surface area contributed by atoms with E-state index in [0.29, 0.717) is 0 Å². The van der Waals surface area contributed by atoms with Gasteiger partial charge in [0, 0.05) is 0 Å². The van der Waals surface area contributed by atoms with Crippen LogP contribution in [0.4, 0.5) is 0 Å². The van der Waals surface area contributed by atoms with Gasteiger partial charge in [0.2, 0.25) is 5.91 Å². The van der Waals surface area contributed by atoms with Crippen molar-refractivity contribution < 1.29 is 34.8 Å². The number of primary amides is 1. The van der Waals surface area contributed by atoms with Crippen LogP contribution in [0.5, 0.6) is 0 Å². The van der Waals surface area contributed by atoms with Crippen LogP contribution in [0.15, 0.2) is 0 Å². The Bertz CT molecular complexity index is 276. The number of carbonyl (C=O) groups is 2. The summed E-state index contributed by atoms with van der Waals surface area (Å²) in [6, 6.07) is 0. The largest absolute Gasteiger partial charge is 0.394 e. The smallest absolute Gasteiger partial charge is 0.221 e. The average Bonchev–Trinajstić information content (AvgIpc) is 2.32. The Balaban J connectivity index is 4.47. The van der Waals surface area contributed by atoms with Gasteiger partial charge in [-0.2, -0.15) is 0 Å². The molecule has 0 aromatic heterocycles. The van der Waals surface area contributed by atoms with Crippen LogP contribution in [-0.2, 0) is 14.3 Å². The van der Waals surface area contributed by atoms with Gasteiger partial charge in [0.1, 0.15) is 30.6 Å². The first-order chi connectivity index (χ1) is 8.33. The second kappa shape index (κ2) is 8.08. The number of hydrogen-bond acceptors (Lipinski definition) is 8. The summed E-state index contributed by atoms with van der Waals surface area (Å²) < 4.78 is 4.88. The lowest BCUT2D eigenvalue weighted by atomic mass is 10.0. The van der Waals surface area contributed by atoms with Gasteiger partial charge in [0.05, 0.1) is 13.0 Å². The monoisotopic (exact) mass is 266 g/mol. The third-order valence-corrected chi connectivity index (χ3v) is 2.15. The van der Waals surface area contributed by atoms with Gasteiger partial charge < -0.3 is 41.4 Å². The lowest BCUT2D eigenvalue weighted by molar-refractivity contribution is -0.157. The molecule has 9 heteroatoms. The van der Waals surface area contributed by atoms with Crippen molar-refractivity contribution in [1.82, 2.24) is 0 Å². The summed E-state index contributed by atoms with van der Waals surface area (Å²) >= 11 is 0. The predicted molar refractivity (Wildman–Crippen MR) is 57.8 cm³/mol. The molecule has 1 unspecified atom stereocenters. The highest BCUT2D eigenvalue weighted by molar-refractivity contribution is 5.74. The molecule has 0 aliphatic heterocycles. The Hall–Kier alpha value is -1.10. The zero-order valence-corrected chi connectivity index (χ0v) is 9.55. The lowest BCUT2D eigenvalue weighted by Crippen LogP contribution is -2.50. The second-order valence-electron chi connectivity index (χ2n) is 3.67. The number of aldehydes is 1. The van der Waals surface area contributed by atoms with Crippen LogP contribution in [0, 0.1) is 0 Å². The fraction of sp³-hybridized carbons (Fsp3) is 0.778. The predicted octanol–water partition coefficient (Wildman–Crippen LogP) is -4.19. The Morgan fingerprint density at radius 3 is 2.22 bits per heavy atom. The minimum absolute atomic E-state index is 0.0195. The molecule has 1 amide bonds. The van der Waals surface area contributed by atoms with Gasteiger partial charge in [-0.05, 0) is 0 Å². The number of nitrogens with two attached hydrogens (primary N) is 2. The Labute approximate surface area is 103 Å². The van der Waals surface area contributed by atoms with E-state index in [1.165, 1.54) is 0 Å². The van der Waals surface area contributed by atoms with Crippen molar-refractivity contribution in [3.05, 3.63) is 0 Å². The lowest BCUT2D eigenvalue weighted by Gasteiger charge is -2.28. The molecule has 0 fully saturated rings. The molecule has 5 atom stereocenters. The first kappa shape index (κ1) is 16.9. The van der Waals surface area contributed by atoms with E-state index >= 15 is 0 Å². The number of ether oxygens (including phenoxy) is 1. The minimum Gasteiger partial charge on any atom is -0.394 e. The average molecular weight is 266 g/mol. The molecule has 0 saturated heterocycles. The van der Waals surface area contributed by atoms with Crippen LogP contribution >= 0.6 is 0 Å². The maximum absolute atomic E-state index is 10.5. The summed E-state index contributed by atoms with van der Waals surface area (Å²) in [7, 11) is 0. The van der Waals surface area contributed by atoms with Gasteiger partial charge in [-0.1, -0.05) is 0 Å². The zero-order valence-electron chi connectivity index (χ0n) is 9.55. The van der Waals surface area contributed by atoms with Crippen molar-refractivity contribution in [3.8, 4) is 0 Å². The summed E-state index contributed by atoms with van der Waals surface area (Å²) in [6.07, 6.45) is -8.32. The van der Waals surface area contributed by atoms with E-state index in [2.05, 4.69) is 0 Å². The molecule has 8 N–H and O–H groups in total. The molecule has 9 nitrogen and oxygen atoms in total. The highest BCUT2D eigenvalue weighted by atomic mass is 16.5. The maximum atomic E-state index is 10.5. The van der Waals surface area contributed by atoms with Crippen molar-refractivity contribution in [2.75, 3.05) is 6.61 Å². The summed E-state index contributed by atoms with van der Waals surface area (Å²) in [5, 5.41) is 36.8. The third kappa shape index (κ3) is 5.49. The van der Waals surface area contributed by atoms with Crippen LogP contribution < -0.4 is 11.5 Å². The number of carbonyl (C=O) groups excluding carboxylic acids is 2. The normalized spacial score (nSPS) is 19.6. The standard InChI is InChI=1S/C9H18N2O7/c10-6(15)1-7(11)18-5(3-13)9(17)8(16)4(14)2-12/h2,4-5,7-9,13-14,16-17H,1,3,11H2,(H2,10,15)/t4-,5+,7?,8+,9+/m0/s1. The van der Waals surface area contributed by atoms with E-state index in [0.717, 1.165) is 0 Å². The van der Waals surface area contributed by atoms with E-state index in [-0.39, 0.29) is 12.7 Å². The maximum Gasteiger partial charge on any atom is 0.221 e. The summed E-state index contributed by atoms with van der Waals surface area (Å²) in [6.45, 7) is -0.740. The molecule has 0 saturated carbocycles. The molecule has 0 bridgehead atoms. The Kier molecular flexibility index (Phi) is 7.59. The molecule has 0 spiro atoms. The van der Waals surface area contributed by atoms with Gasteiger partial charge in [-0.15, -0.1) is 0 Å². The quantitative estimate of drug-likeness (QED) is 0.180. The number of aliphatic hydroxyl groups excluding tert-OH is 4. The molecular formula is C9H18N2O7. The molecular weight excluding hydrogens is 248 g/mol. The van der Waals surface area contributed by atoms with Gasteiger partial charge in [-0.25, -0.2) is 0 Å².